The van der Waals surface area contributed by atoms with Gasteiger partial charge >= 0.3 is 0 Å². The van der Waals surface area contributed by atoms with E-state index in [2.05, 4.69) is 6.92 Å². The van der Waals surface area contributed by atoms with Crippen molar-refractivity contribution in [3.8, 4) is 11.5 Å². The normalized spacial score (nSPS) is 12.0. The number of hydrogen-bond donors (Lipinski definition) is 1. The highest BCUT2D eigenvalue weighted by Crippen LogP contribution is 2.27. The van der Waals surface area contributed by atoms with Gasteiger partial charge in [-0.1, -0.05) is 30.7 Å². The minimum absolute atomic E-state index is 0.193. The Morgan fingerprint density at radius 1 is 1.10 bits per heavy atom. The fourth-order valence-corrected chi connectivity index (χ4v) is 2.38. The van der Waals surface area contributed by atoms with E-state index in [0.29, 0.717) is 6.54 Å². The fraction of sp³-hybridized carbons (Fsp3) is 0.294. The van der Waals surface area contributed by atoms with E-state index in [-0.39, 0.29) is 6.10 Å². The van der Waals surface area contributed by atoms with Crippen LogP contribution in [0.15, 0.2) is 42.5 Å². The SMILES string of the molecule is CCc1cc(OC(CN)c2ccc(OC)cc2)ccc1Cl. The van der Waals surface area contributed by atoms with Gasteiger partial charge in [-0.05, 0) is 47.9 Å². The summed E-state index contributed by atoms with van der Waals surface area (Å²) in [5, 5.41) is 0.763. The molecular weight excluding hydrogens is 286 g/mol. The van der Waals surface area contributed by atoms with Crippen molar-refractivity contribution in [2.24, 2.45) is 5.73 Å². The van der Waals surface area contributed by atoms with Crippen molar-refractivity contribution in [3.63, 3.8) is 0 Å². The van der Waals surface area contributed by atoms with Crippen LogP contribution in [0.3, 0.4) is 0 Å². The van der Waals surface area contributed by atoms with Gasteiger partial charge in [0.1, 0.15) is 17.6 Å². The molecule has 2 aromatic carbocycles. The molecule has 0 amide bonds. The summed E-state index contributed by atoms with van der Waals surface area (Å²) in [6, 6.07) is 13.4. The molecule has 0 aromatic heterocycles. The maximum absolute atomic E-state index is 6.12. The van der Waals surface area contributed by atoms with Gasteiger partial charge in [-0.3, -0.25) is 0 Å². The first-order chi connectivity index (χ1) is 10.2. The number of methoxy groups -OCH3 is 1. The van der Waals surface area contributed by atoms with Gasteiger partial charge in [0.15, 0.2) is 0 Å². The van der Waals surface area contributed by atoms with Crippen LogP contribution in [0.4, 0.5) is 0 Å². The molecule has 0 aliphatic carbocycles. The molecule has 1 unspecified atom stereocenters. The van der Waals surface area contributed by atoms with Crippen LogP contribution < -0.4 is 15.2 Å². The smallest absolute Gasteiger partial charge is 0.136 e. The maximum atomic E-state index is 6.12. The molecule has 0 fully saturated rings. The van der Waals surface area contributed by atoms with Gasteiger partial charge in [0, 0.05) is 11.6 Å². The van der Waals surface area contributed by atoms with Crippen LogP contribution in [0.25, 0.3) is 0 Å². The molecule has 0 radical (unpaired) electrons. The molecule has 2 N–H and O–H groups in total. The van der Waals surface area contributed by atoms with Gasteiger partial charge in [-0.25, -0.2) is 0 Å². The number of benzene rings is 2. The molecule has 0 saturated heterocycles. The summed E-state index contributed by atoms with van der Waals surface area (Å²) >= 11 is 6.12. The molecule has 2 rings (SSSR count). The Labute approximate surface area is 130 Å². The van der Waals surface area contributed by atoms with Crippen molar-refractivity contribution in [2.75, 3.05) is 13.7 Å². The summed E-state index contributed by atoms with van der Waals surface area (Å²) in [6.07, 6.45) is 0.674. The lowest BCUT2D eigenvalue weighted by Crippen LogP contribution is -2.18. The molecule has 21 heavy (non-hydrogen) atoms. The Morgan fingerprint density at radius 2 is 1.76 bits per heavy atom. The molecule has 0 aliphatic heterocycles. The van der Waals surface area contributed by atoms with Gasteiger partial charge < -0.3 is 15.2 Å². The second-order valence-corrected chi connectivity index (χ2v) is 5.13. The van der Waals surface area contributed by atoms with Crippen LogP contribution in [0, 0.1) is 0 Å². The van der Waals surface area contributed by atoms with Gasteiger partial charge in [-0.15, -0.1) is 0 Å². The van der Waals surface area contributed by atoms with Crippen molar-refractivity contribution in [1.82, 2.24) is 0 Å². The molecule has 0 saturated carbocycles. The zero-order valence-electron chi connectivity index (χ0n) is 12.3. The summed E-state index contributed by atoms with van der Waals surface area (Å²) in [6.45, 7) is 2.46. The topological polar surface area (TPSA) is 44.5 Å². The summed E-state index contributed by atoms with van der Waals surface area (Å²) in [5.41, 5.74) is 7.93. The summed E-state index contributed by atoms with van der Waals surface area (Å²) in [5.74, 6) is 1.59. The molecule has 1 atom stereocenters. The molecule has 0 aliphatic rings. The Bertz CT molecular complexity index is 584. The highest BCUT2D eigenvalue weighted by Gasteiger charge is 2.12. The zero-order valence-corrected chi connectivity index (χ0v) is 13.1. The lowest BCUT2D eigenvalue weighted by molar-refractivity contribution is 0.214. The van der Waals surface area contributed by atoms with E-state index in [9.17, 15) is 0 Å². The van der Waals surface area contributed by atoms with Gasteiger partial charge in [0.05, 0.1) is 7.11 Å². The highest BCUT2D eigenvalue weighted by atomic mass is 35.5. The van der Waals surface area contributed by atoms with Gasteiger partial charge in [0.2, 0.25) is 0 Å². The third kappa shape index (κ3) is 3.90. The lowest BCUT2D eigenvalue weighted by Gasteiger charge is -2.19. The van der Waals surface area contributed by atoms with Crippen molar-refractivity contribution < 1.29 is 9.47 Å². The quantitative estimate of drug-likeness (QED) is 0.877. The van der Waals surface area contributed by atoms with E-state index in [0.717, 1.165) is 34.1 Å². The first-order valence-corrected chi connectivity index (χ1v) is 7.34. The highest BCUT2D eigenvalue weighted by molar-refractivity contribution is 6.31. The number of aryl methyl sites for hydroxylation is 1. The van der Waals surface area contributed by atoms with E-state index in [1.54, 1.807) is 7.11 Å². The van der Waals surface area contributed by atoms with Crippen LogP contribution in [0.2, 0.25) is 5.02 Å². The Kier molecular flexibility index (Phi) is 5.48. The van der Waals surface area contributed by atoms with Crippen LogP contribution in [-0.4, -0.2) is 13.7 Å². The first-order valence-electron chi connectivity index (χ1n) is 6.97. The second kappa shape index (κ2) is 7.34. The number of halogens is 1. The zero-order chi connectivity index (χ0) is 15.2. The van der Waals surface area contributed by atoms with Crippen LogP contribution in [0.5, 0.6) is 11.5 Å². The Morgan fingerprint density at radius 3 is 2.33 bits per heavy atom. The van der Waals surface area contributed by atoms with E-state index < -0.39 is 0 Å². The van der Waals surface area contributed by atoms with Crippen molar-refractivity contribution >= 4 is 11.6 Å². The Hall–Kier alpha value is -1.71. The molecule has 4 heteroatoms. The van der Waals surface area contributed by atoms with Crippen molar-refractivity contribution in [3.05, 3.63) is 58.6 Å². The number of ether oxygens (including phenoxy) is 2. The second-order valence-electron chi connectivity index (χ2n) is 4.72. The van der Waals surface area contributed by atoms with Gasteiger partial charge in [0.25, 0.3) is 0 Å². The van der Waals surface area contributed by atoms with E-state index >= 15 is 0 Å². The maximum Gasteiger partial charge on any atom is 0.136 e. The van der Waals surface area contributed by atoms with Crippen molar-refractivity contribution in [2.45, 2.75) is 19.4 Å². The summed E-state index contributed by atoms with van der Waals surface area (Å²) in [4.78, 5) is 0. The Balaban J connectivity index is 2.18. The van der Waals surface area contributed by atoms with Crippen LogP contribution in [0.1, 0.15) is 24.2 Å². The third-order valence-electron chi connectivity index (χ3n) is 3.38. The van der Waals surface area contributed by atoms with E-state index in [4.69, 9.17) is 26.8 Å². The average molecular weight is 306 g/mol. The number of rotatable bonds is 6. The van der Waals surface area contributed by atoms with Gasteiger partial charge in [-0.2, -0.15) is 0 Å². The van der Waals surface area contributed by atoms with Crippen LogP contribution in [-0.2, 0) is 6.42 Å². The summed E-state index contributed by atoms with van der Waals surface area (Å²) < 4.78 is 11.2. The number of hydrogen-bond acceptors (Lipinski definition) is 3. The monoisotopic (exact) mass is 305 g/mol. The molecule has 0 spiro atoms. The standard InChI is InChI=1S/C17H20ClNO2/c1-3-12-10-15(8-9-16(12)18)21-17(11-19)13-4-6-14(20-2)7-5-13/h4-10,17H,3,11,19H2,1-2H3. The molecule has 0 heterocycles. The molecule has 0 bridgehead atoms. The van der Waals surface area contributed by atoms with E-state index in [1.165, 1.54) is 0 Å². The molecule has 3 nitrogen and oxygen atoms in total. The predicted octanol–water partition coefficient (Wildman–Crippen LogP) is 3.99. The fourth-order valence-electron chi connectivity index (χ4n) is 2.13. The van der Waals surface area contributed by atoms with E-state index in [1.807, 2.05) is 42.5 Å². The largest absolute Gasteiger partial charge is 0.497 e. The molecule has 112 valence electrons. The minimum Gasteiger partial charge on any atom is -0.497 e. The molecule has 2 aromatic rings. The predicted molar refractivity (Wildman–Crippen MR) is 86.2 cm³/mol. The summed E-state index contributed by atoms with van der Waals surface area (Å²) in [7, 11) is 1.64. The average Bonchev–Trinajstić information content (AvgIpc) is 2.54. The first kappa shape index (κ1) is 15.7. The minimum atomic E-state index is -0.193. The third-order valence-corrected chi connectivity index (χ3v) is 3.75. The van der Waals surface area contributed by atoms with Crippen molar-refractivity contribution in [1.29, 1.82) is 0 Å². The van der Waals surface area contributed by atoms with Crippen LogP contribution >= 0.6 is 11.6 Å². The number of nitrogens with two attached hydrogens (primary N) is 1. The molecular formula is C17H20ClNO2. The lowest BCUT2D eigenvalue weighted by atomic mass is 10.1.